The molecule has 0 bridgehead atoms. The van der Waals surface area contributed by atoms with Crippen molar-refractivity contribution in [3.63, 3.8) is 0 Å². The van der Waals surface area contributed by atoms with Crippen molar-refractivity contribution in [2.24, 2.45) is 0 Å². The predicted octanol–water partition coefficient (Wildman–Crippen LogP) is 2.94. The van der Waals surface area contributed by atoms with Crippen LogP contribution in [0.2, 0.25) is 0 Å². The highest BCUT2D eigenvalue weighted by Crippen LogP contribution is 2.39. The second-order valence-corrected chi connectivity index (χ2v) is 4.95. The number of rotatable bonds is 6. The molecule has 2 rings (SSSR count). The van der Waals surface area contributed by atoms with Gasteiger partial charge in [-0.1, -0.05) is 12.1 Å². The number of ether oxygens (including phenoxy) is 2. The Hall–Kier alpha value is -3.55. The summed E-state index contributed by atoms with van der Waals surface area (Å²) in [6, 6.07) is 8.32. The Morgan fingerprint density at radius 1 is 1.20 bits per heavy atom. The highest BCUT2D eigenvalue weighted by molar-refractivity contribution is 6.20. The minimum atomic E-state index is -1.25. The predicted molar refractivity (Wildman–Crippen MR) is 89.8 cm³/mol. The van der Waals surface area contributed by atoms with E-state index in [1.165, 1.54) is 56.7 Å². The number of carbonyl (C=O) groups is 1. The molecule has 0 radical (unpaired) electrons. The van der Waals surface area contributed by atoms with Crippen LogP contribution in [0.4, 0.5) is 5.69 Å². The fourth-order valence-corrected chi connectivity index (χ4v) is 2.29. The lowest BCUT2D eigenvalue weighted by Gasteiger charge is -2.10. The molecule has 8 nitrogen and oxygen atoms in total. The van der Waals surface area contributed by atoms with Crippen molar-refractivity contribution in [1.29, 1.82) is 0 Å². The number of methoxy groups -OCH3 is 2. The molecule has 25 heavy (non-hydrogen) atoms. The summed E-state index contributed by atoms with van der Waals surface area (Å²) in [4.78, 5) is 22.2. The third-order valence-electron chi connectivity index (χ3n) is 3.38. The number of nitro groups is 1. The number of hydrogen-bond donors (Lipinski definition) is 2. The quantitative estimate of drug-likeness (QED) is 0.357. The molecule has 2 aromatic carbocycles. The normalized spacial score (nSPS) is 11.0. The van der Waals surface area contributed by atoms with E-state index in [9.17, 15) is 25.1 Å². The maximum Gasteiger partial charge on any atom is 0.336 e. The van der Waals surface area contributed by atoms with Gasteiger partial charge in [-0.25, -0.2) is 4.79 Å². The van der Waals surface area contributed by atoms with Crippen LogP contribution in [0.1, 0.15) is 11.1 Å². The third kappa shape index (κ3) is 3.86. The second-order valence-electron chi connectivity index (χ2n) is 4.95. The highest BCUT2D eigenvalue weighted by Gasteiger charge is 2.22. The van der Waals surface area contributed by atoms with Crippen molar-refractivity contribution in [3.8, 4) is 17.2 Å². The van der Waals surface area contributed by atoms with Crippen LogP contribution in [-0.4, -0.2) is 35.3 Å². The van der Waals surface area contributed by atoms with Crippen molar-refractivity contribution in [2.75, 3.05) is 14.2 Å². The fraction of sp³-hybridized carbons (Fsp3) is 0.118. The largest absolute Gasteiger partial charge is 0.508 e. The average molecular weight is 345 g/mol. The van der Waals surface area contributed by atoms with Gasteiger partial charge in [-0.2, -0.15) is 0 Å². The number of phenols is 1. The Labute approximate surface area is 142 Å². The maximum atomic E-state index is 11.6. The van der Waals surface area contributed by atoms with Crippen LogP contribution in [0, 0.1) is 10.1 Å². The first-order valence-corrected chi connectivity index (χ1v) is 7.02. The Balaban J connectivity index is 2.66. The number of nitro benzene ring substituents is 1. The molecule has 0 atom stereocenters. The summed E-state index contributed by atoms with van der Waals surface area (Å²) in [5.74, 6) is -1.30. The molecule has 0 aliphatic heterocycles. The summed E-state index contributed by atoms with van der Waals surface area (Å²) in [5, 5.41) is 30.2. The zero-order valence-corrected chi connectivity index (χ0v) is 13.4. The molecule has 8 heteroatoms. The van der Waals surface area contributed by atoms with Gasteiger partial charge in [0, 0.05) is 6.07 Å². The van der Waals surface area contributed by atoms with E-state index in [0.717, 1.165) is 0 Å². The molecule has 0 saturated carbocycles. The minimum Gasteiger partial charge on any atom is -0.508 e. The van der Waals surface area contributed by atoms with Crippen molar-refractivity contribution in [2.45, 2.75) is 0 Å². The fourth-order valence-electron chi connectivity index (χ4n) is 2.29. The lowest BCUT2D eigenvalue weighted by Crippen LogP contribution is -2.01. The van der Waals surface area contributed by atoms with Gasteiger partial charge in [0.2, 0.25) is 5.75 Å². The molecule has 0 heterocycles. The van der Waals surface area contributed by atoms with E-state index in [0.29, 0.717) is 0 Å². The zero-order chi connectivity index (χ0) is 18.6. The first kappa shape index (κ1) is 17.8. The van der Waals surface area contributed by atoms with E-state index in [4.69, 9.17) is 9.47 Å². The molecule has 0 fully saturated rings. The summed E-state index contributed by atoms with van der Waals surface area (Å²) >= 11 is 0. The number of carboxylic acids is 1. The van der Waals surface area contributed by atoms with Crippen LogP contribution in [0.5, 0.6) is 17.2 Å². The summed E-state index contributed by atoms with van der Waals surface area (Å²) < 4.78 is 10.1. The molecule has 0 spiro atoms. The molecule has 130 valence electrons. The molecule has 0 amide bonds. The third-order valence-corrected chi connectivity index (χ3v) is 3.38. The second kappa shape index (κ2) is 7.35. The van der Waals surface area contributed by atoms with E-state index in [-0.39, 0.29) is 39.6 Å². The minimum absolute atomic E-state index is 0.0566. The summed E-state index contributed by atoms with van der Waals surface area (Å²) in [5.41, 5.74) is 0.00111. The number of benzene rings is 2. The first-order chi connectivity index (χ1) is 11.9. The van der Waals surface area contributed by atoms with Gasteiger partial charge in [0.25, 0.3) is 0 Å². The number of carboxylic acid groups (broad SMARTS) is 1. The van der Waals surface area contributed by atoms with Gasteiger partial charge in [0.15, 0.2) is 5.75 Å². The topological polar surface area (TPSA) is 119 Å². The maximum absolute atomic E-state index is 11.6. The monoisotopic (exact) mass is 345 g/mol. The molecule has 0 aliphatic rings. The lowest BCUT2D eigenvalue weighted by atomic mass is 10.0. The SMILES string of the molecule is COc1cc(/C=C(\C(=O)O)c2cccc(O)c2)cc([N+](=O)[O-])c1OC. The van der Waals surface area contributed by atoms with Gasteiger partial charge in [0.1, 0.15) is 5.75 Å². The van der Waals surface area contributed by atoms with E-state index in [2.05, 4.69) is 0 Å². The smallest absolute Gasteiger partial charge is 0.336 e. The van der Waals surface area contributed by atoms with Crippen molar-refractivity contribution in [1.82, 2.24) is 0 Å². The lowest BCUT2D eigenvalue weighted by molar-refractivity contribution is -0.385. The van der Waals surface area contributed by atoms with Crippen LogP contribution in [0.25, 0.3) is 11.6 Å². The van der Waals surface area contributed by atoms with Crippen molar-refractivity contribution >= 4 is 23.3 Å². The number of aliphatic carboxylic acids is 1. The summed E-state index contributed by atoms with van der Waals surface area (Å²) in [7, 11) is 2.60. The van der Waals surface area contributed by atoms with E-state index < -0.39 is 10.9 Å². The Morgan fingerprint density at radius 3 is 2.44 bits per heavy atom. The van der Waals surface area contributed by atoms with Crippen molar-refractivity contribution < 1.29 is 29.4 Å². The Bertz CT molecular complexity index is 858. The molecule has 2 N–H and O–H groups in total. The van der Waals surface area contributed by atoms with Gasteiger partial charge >= 0.3 is 11.7 Å². The van der Waals surface area contributed by atoms with E-state index in [1.807, 2.05) is 0 Å². The zero-order valence-electron chi connectivity index (χ0n) is 13.4. The van der Waals surface area contributed by atoms with Gasteiger partial charge < -0.3 is 19.7 Å². The Morgan fingerprint density at radius 2 is 1.92 bits per heavy atom. The molecule has 0 saturated heterocycles. The number of phenolic OH excluding ortho intramolecular Hbond substituents is 1. The van der Waals surface area contributed by atoms with Crippen LogP contribution >= 0.6 is 0 Å². The highest BCUT2D eigenvalue weighted by atomic mass is 16.6. The van der Waals surface area contributed by atoms with Gasteiger partial charge in [-0.15, -0.1) is 0 Å². The van der Waals surface area contributed by atoms with E-state index >= 15 is 0 Å². The van der Waals surface area contributed by atoms with E-state index in [1.54, 1.807) is 0 Å². The standard InChI is InChI=1S/C17H15NO7/c1-24-15-8-10(7-14(18(22)23)16(15)25-2)6-13(17(20)21)11-4-3-5-12(19)9-11/h3-9,19H,1-2H3,(H,20,21)/b13-6-. The van der Waals surface area contributed by atoms with Gasteiger partial charge in [-0.3, -0.25) is 10.1 Å². The molecule has 0 aromatic heterocycles. The van der Waals surface area contributed by atoms with Crippen molar-refractivity contribution in [3.05, 3.63) is 57.6 Å². The average Bonchev–Trinajstić information content (AvgIpc) is 2.58. The summed E-state index contributed by atoms with van der Waals surface area (Å²) in [6.07, 6.45) is 1.26. The number of nitrogens with zero attached hydrogens (tertiary/aromatic N) is 1. The van der Waals surface area contributed by atoms with Crippen LogP contribution in [-0.2, 0) is 4.79 Å². The molecule has 2 aromatic rings. The first-order valence-electron chi connectivity index (χ1n) is 7.02. The molecule has 0 unspecified atom stereocenters. The van der Waals surface area contributed by atoms with Gasteiger partial charge in [-0.05, 0) is 35.4 Å². The molecular formula is C17H15NO7. The Kier molecular flexibility index (Phi) is 5.23. The summed E-state index contributed by atoms with van der Waals surface area (Å²) in [6.45, 7) is 0. The number of hydrogen-bond acceptors (Lipinski definition) is 6. The van der Waals surface area contributed by atoms with Gasteiger partial charge in [0.05, 0.1) is 24.7 Å². The number of aromatic hydroxyl groups is 1. The van der Waals surface area contributed by atoms with Crippen LogP contribution in [0.15, 0.2) is 36.4 Å². The molecular weight excluding hydrogens is 330 g/mol. The molecule has 0 aliphatic carbocycles. The van der Waals surface area contributed by atoms with Crippen LogP contribution in [0.3, 0.4) is 0 Å². The van der Waals surface area contributed by atoms with Crippen LogP contribution < -0.4 is 9.47 Å².